The van der Waals surface area contributed by atoms with Crippen molar-refractivity contribution in [3.63, 3.8) is 0 Å². The van der Waals surface area contributed by atoms with Crippen LogP contribution in [-0.2, 0) is 4.79 Å². The van der Waals surface area contributed by atoms with Crippen molar-refractivity contribution in [1.82, 2.24) is 19.8 Å². The molecule has 1 aliphatic rings. The summed E-state index contributed by atoms with van der Waals surface area (Å²) in [5.74, 6) is -0.506. The number of pyridine rings is 1. The maximum atomic E-state index is 13.3. The Morgan fingerprint density at radius 1 is 1.05 bits per heavy atom. The van der Waals surface area contributed by atoms with Crippen molar-refractivity contribution in [3.05, 3.63) is 113 Å². The number of rotatable bonds is 7. The van der Waals surface area contributed by atoms with Crippen LogP contribution in [0.15, 0.2) is 72.9 Å². The number of benzene rings is 2. The normalized spacial score (nSPS) is 16.8. The van der Waals surface area contributed by atoms with E-state index in [4.69, 9.17) is 12.2 Å². The summed E-state index contributed by atoms with van der Waals surface area (Å²) < 4.78 is 15.6. The molecule has 2 aromatic heterocycles. The Kier molecular flexibility index (Phi) is 7.48. The van der Waals surface area contributed by atoms with E-state index in [0.717, 1.165) is 28.3 Å². The standard InChI is InChI=1S/C31H32FN5OS/c1-19-8-9-20(2)27(17-19)37-21(3)18-25(22(37)4)30-29(26-7-5-6-15-33-26)35-31(39)36(30)16-14-28(38)34-24-12-10-23(32)11-13-24/h5-13,15,17-18,29-30H,14,16H2,1-4H3,(H,34,38)(H,35,39). The van der Waals surface area contributed by atoms with Crippen LogP contribution in [0.5, 0.6) is 0 Å². The van der Waals surface area contributed by atoms with E-state index in [1.54, 1.807) is 18.3 Å². The van der Waals surface area contributed by atoms with Crippen LogP contribution in [0.25, 0.3) is 5.69 Å². The fraction of sp³-hybridized carbons (Fsp3) is 0.258. The molecule has 3 heterocycles. The number of amides is 1. The SMILES string of the molecule is Cc1ccc(C)c(-n2c(C)cc(C3C(c4ccccn4)NC(=S)N3CCC(=O)Nc3ccc(F)cc3)c2C)c1. The number of hydrogen-bond acceptors (Lipinski definition) is 3. The number of anilines is 1. The van der Waals surface area contributed by atoms with E-state index in [2.05, 4.69) is 77.0 Å². The van der Waals surface area contributed by atoms with Gasteiger partial charge in [0.2, 0.25) is 5.91 Å². The Labute approximate surface area is 233 Å². The molecule has 0 aliphatic carbocycles. The van der Waals surface area contributed by atoms with Gasteiger partial charge < -0.3 is 20.1 Å². The van der Waals surface area contributed by atoms with Crippen molar-refractivity contribution in [2.24, 2.45) is 0 Å². The first-order valence-corrected chi connectivity index (χ1v) is 13.4. The molecule has 1 amide bonds. The van der Waals surface area contributed by atoms with Gasteiger partial charge in [-0.25, -0.2) is 4.39 Å². The van der Waals surface area contributed by atoms with Crippen LogP contribution >= 0.6 is 12.2 Å². The molecule has 1 fully saturated rings. The molecular weight excluding hydrogens is 509 g/mol. The lowest BCUT2D eigenvalue weighted by Crippen LogP contribution is -2.32. The molecule has 5 rings (SSSR count). The molecule has 0 saturated carbocycles. The minimum absolute atomic E-state index is 0.156. The van der Waals surface area contributed by atoms with Crippen LogP contribution in [0.3, 0.4) is 0 Å². The zero-order valence-electron chi connectivity index (χ0n) is 22.5. The smallest absolute Gasteiger partial charge is 0.226 e. The Bertz CT molecular complexity index is 1520. The quantitative estimate of drug-likeness (QED) is 0.271. The highest BCUT2D eigenvalue weighted by Crippen LogP contribution is 2.41. The zero-order valence-corrected chi connectivity index (χ0v) is 23.3. The lowest BCUT2D eigenvalue weighted by Gasteiger charge is -2.28. The maximum Gasteiger partial charge on any atom is 0.226 e. The molecule has 8 heteroatoms. The lowest BCUT2D eigenvalue weighted by atomic mass is 9.96. The molecule has 1 aliphatic heterocycles. The minimum atomic E-state index is -0.344. The Hall–Kier alpha value is -4.04. The van der Waals surface area contributed by atoms with Gasteiger partial charge >= 0.3 is 0 Å². The van der Waals surface area contributed by atoms with Gasteiger partial charge in [-0.2, -0.15) is 0 Å². The highest BCUT2D eigenvalue weighted by Gasteiger charge is 2.41. The third-order valence-corrected chi connectivity index (χ3v) is 7.65. The molecule has 4 aromatic rings. The molecule has 0 bridgehead atoms. The van der Waals surface area contributed by atoms with Gasteiger partial charge in [0.25, 0.3) is 0 Å². The second-order valence-corrected chi connectivity index (χ2v) is 10.5. The Morgan fingerprint density at radius 2 is 1.82 bits per heavy atom. The van der Waals surface area contributed by atoms with E-state index in [-0.39, 0.29) is 30.2 Å². The third kappa shape index (κ3) is 5.43. The molecule has 0 spiro atoms. The number of halogens is 1. The number of nitrogens with one attached hydrogen (secondary N) is 2. The number of carbonyl (C=O) groups excluding carboxylic acids is 1. The summed E-state index contributed by atoms with van der Waals surface area (Å²) >= 11 is 5.81. The van der Waals surface area contributed by atoms with Gasteiger partial charge in [-0.3, -0.25) is 9.78 Å². The maximum absolute atomic E-state index is 13.3. The molecule has 0 radical (unpaired) electrons. The van der Waals surface area contributed by atoms with Gasteiger partial charge in [0.05, 0.1) is 17.8 Å². The van der Waals surface area contributed by atoms with Crippen molar-refractivity contribution < 1.29 is 9.18 Å². The van der Waals surface area contributed by atoms with Gasteiger partial charge in [0.1, 0.15) is 5.82 Å². The van der Waals surface area contributed by atoms with E-state index in [0.29, 0.717) is 17.3 Å². The molecule has 39 heavy (non-hydrogen) atoms. The van der Waals surface area contributed by atoms with Crippen molar-refractivity contribution in [2.75, 3.05) is 11.9 Å². The summed E-state index contributed by atoms with van der Waals surface area (Å²) in [6, 6.07) is 20.0. The van der Waals surface area contributed by atoms with E-state index in [1.165, 1.54) is 23.3 Å². The molecule has 2 N–H and O–H groups in total. The Balaban J connectivity index is 1.48. The zero-order chi connectivity index (χ0) is 27.7. The number of carbonyl (C=O) groups is 1. The van der Waals surface area contributed by atoms with Crippen LogP contribution in [0.2, 0.25) is 0 Å². The molecule has 200 valence electrons. The predicted octanol–water partition coefficient (Wildman–Crippen LogP) is 6.25. The van der Waals surface area contributed by atoms with Crippen molar-refractivity contribution >= 4 is 28.9 Å². The lowest BCUT2D eigenvalue weighted by molar-refractivity contribution is -0.116. The van der Waals surface area contributed by atoms with Gasteiger partial charge in [-0.05, 0) is 105 Å². The van der Waals surface area contributed by atoms with Crippen LogP contribution in [0, 0.1) is 33.5 Å². The number of nitrogens with zero attached hydrogens (tertiary/aromatic N) is 3. The number of aryl methyl sites for hydroxylation is 3. The third-order valence-electron chi connectivity index (χ3n) is 7.30. The van der Waals surface area contributed by atoms with E-state index >= 15 is 0 Å². The van der Waals surface area contributed by atoms with Crippen molar-refractivity contribution in [3.8, 4) is 5.69 Å². The topological polar surface area (TPSA) is 62.2 Å². The summed E-state index contributed by atoms with van der Waals surface area (Å²) in [6.07, 6.45) is 2.01. The van der Waals surface area contributed by atoms with E-state index < -0.39 is 0 Å². The van der Waals surface area contributed by atoms with Gasteiger partial charge in [-0.1, -0.05) is 18.2 Å². The largest absolute Gasteiger partial charge is 0.352 e. The summed E-state index contributed by atoms with van der Waals surface area (Å²) in [5, 5.41) is 6.91. The molecule has 1 saturated heterocycles. The van der Waals surface area contributed by atoms with Crippen molar-refractivity contribution in [2.45, 2.75) is 46.2 Å². The number of aromatic nitrogens is 2. The highest BCUT2D eigenvalue weighted by molar-refractivity contribution is 7.80. The van der Waals surface area contributed by atoms with Gasteiger partial charge in [0.15, 0.2) is 5.11 Å². The molecule has 2 unspecified atom stereocenters. The van der Waals surface area contributed by atoms with Gasteiger partial charge in [-0.15, -0.1) is 0 Å². The number of hydrogen-bond donors (Lipinski definition) is 2. The summed E-state index contributed by atoms with van der Waals surface area (Å²) in [4.78, 5) is 19.6. The highest BCUT2D eigenvalue weighted by atomic mass is 32.1. The van der Waals surface area contributed by atoms with Crippen LogP contribution in [0.4, 0.5) is 10.1 Å². The first-order chi connectivity index (χ1) is 18.7. The second-order valence-electron chi connectivity index (χ2n) is 10.1. The fourth-order valence-corrected chi connectivity index (χ4v) is 5.71. The fourth-order valence-electron chi connectivity index (χ4n) is 5.38. The number of thiocarbonyl (C=S) groups is 1. The van der Waals surface area contributed by atoms with Crippen LogP contribution in [-0.4, -0.2) is 32.0 Å². The summed E-state index contributed by atoms with van der Waals surface area (Å²) in [6.45, 7) is 8.91. The predicted molar refractivity (Wildman–Crippen MR) is 157 cm³/mol. The van der Waals surface area contributed by atoms with Crippen molar-refractivity contribution in [1.29, 1.82) is 0 Å². The van der Waals surface area contributed by atoms with E-state index in [1.807, 2.05) is 18.2 Å². The molecular formula is C31H32FN5OS. The summed E-state index contributed by atoms with van der Waals surface area (Å²) in [5.41, 5.74) is 8.39. The van der Waals surface area contributed by atoms with E-state index in [9.17, 15) is 9.18 Å². The average Bonchev–Trinajstić information content (AvgIpc) is 3.40. The second kappa shape index (κ2) is 11.0. The first-order valence-electron chi connectivity index (χ1n) is 13.0. The Morgan fingerprint density at radius 3 is 2.54 bits per heavy atom. The monoisotopic (exact) mass is 541 g/mol. The van der Waals surface area contributed by atoms with Gasteiger partial charge in [0, 0.05) is 41.9 Å². The summed E-state index contributed by atoms with van der Waals surface area (Å²) in [7, 11) is 0. The minimum Gasteiger partial charge on any atom is -0.352 e. The molecule has 2 atom stereocenters. The van der Waals surface area contributed by atoms with Crippen LogP contribution < -0.4 is 10.6 Å². The molecule has 6 nitrogen and oxygen atoms in total. The average molecular weight is 542 g/mol. The first kappa shape index (κ1) is 26.6. The molecule has 2 aromatic carbocycles. The van der Waals surface area contributed by atoms with Crippen LogP contribution in [0.1, 0.15) is 52.3 Å².